The van der Waals surface area contributed by atoms with Crippen molar-refractivity contribution in [3.05, 3.63) is 17.1 Å². The van der Waals surface area contributed by atoms with Gasteiger partial charge in [-0.25, -0.2) is 9.97 Å². The molecule has 16 heavy (non-hydrogen) atoms. The zero-order valence-corrected chi connectivity index (χ0v) is 10.3. The largest absolute Gasteiger partial charge is 0.383 e. The van der Waals surface area contributed by atoms with Crippen molar-refractivity contribution in [3.8, 4) is 0 Å². The predicted molar refractivity (Wildman–Crippen MR) is 66.4 cm³/mol. The summed E-state index contributed by atoms with van der Waals surface area (Å²) < 4.78 is 0. The van der Waals surface area contributed by atoms with Crippen molar-refractivity contribution in [2.75, 3.05) is 5.73 Å². The van der Waals surface area contributed by atoms with Gasteiger partial charge in [-0.1, -0.05) is 25.7 Å². The molecule has 88 valence electrons. The summed E-state index contributed by atoms with van der Waals surface area (Å²) in [6, 6.07) is 0. The van der Waals surface area contributed by atoms with Crippen molar-refractivity contribution in [3.63, 3.8) is 0 Å². The van der Waals surface area contributed by atoms with Gasteiger partial charge in [0.2, 0.25) is 0 Å². The molecule has 1 saturated carbocycles. The molecule has 0 radical (unpaired) electrons. The summed E-state index contributed by atoms with van der Waals surface area (Å²) in [6.07, 6.45) is 7.78. The zero-order chi connectivity index (χ0) is 11.5. The van der Waals surface area contributed by atoms with E-state index in [0.717, 1.165) is 17.1 Å². The minimum absolute atomic E-state index is 0.532. The fraction of sp³-hybridized carbons (Fsp3) is 0.692. The quantitative estimate of drug-likeness (QED) is 0.738. The van der Waals surface area contributed by atoms with Crippen molar-refractivity contribution in [1.29, 1.82) is 0 Å². The fourth-order valence-corrected chi connectivity index (χ4v) is 2.39. The smallest absolute Gasteiger partial charge is 0.134 e. The number of rotatable bonds is 1. The van der Waals surface area contributed by atoms with Crippen LogP contribution in [-0.4, -0.2) is 9.97 Å². The molecule has 3 heteroatoms. The first-order valence-corrected chi connectivity index (χ1v) is 6.29. The van der Waals surface area contributed by atoms with Gasteiger partial charge >= 0.3 is 0 Å². The summed E-state index contributed by atoms with van der Waals surface area (Å²) in [4.78, 5) is 9.07. The minimum atomic E-state index is 0.532. The zero-order valence-electron chi connectivity index (χ0n) is 10.3. The molecular formula is C13H21N3. The highest BCUT2D eigenvalue weighted by molar-refractivity contribution is 5.40. The van der Waals surface area contributed by atoms with Crippen LogP contribution in [0.25, 0.3) is 0 Å². The molecule has 0 aromatic carbocycles. The van der Waals surface area contributed by atoms with Crippen LogP contribution >= 0.6 is 0 Å². The van der Waals surface area contributed by atoms with Gasteiger partial charge in [-0.2, -0.15) is 0 Å². The Morgan fingerprint density at radius 3 is 2.19 bits per heavy atom. The van der Waals surface area contributed by atoms with E-state index < -0.39 is 0 Å². The molecule has 0 aliphatic heterocycles. The maximum Gasteiger partial charge on any atom is 0.134 e. The number of nitrogens with zero attached hydrogens (tertiary/aromatic N) is 2. The number of nitrogens with two attached hydrogens (primary N) is 1. The Morgan fingerprint density at radius 1 is 1.00 bits per heavy atom. The SMILES string of the molecule is Cc1nc(C2CCCCCC2)nc(N)c1C. The van der Waals surface area contributed by atoms with Crippen LogP contribution in [0.4, 0.5) is 5.82 Å². The molecule has 1 aliphatic carbocycles. The van der Waals surface area contributed by atoms with Crippen LogP contribution in [0.2, 0.25) is 0 Å². The average Bonchev–Trinajstić information content (AvgIpc) is 2.53. The Kier molecular flexibility index (Phi) is 3.42. The van der Waals surface area contributed by atoms with Crippen LogP contribution in [0.5, 0.6) is 0 Å². The van der Waals surface area contributed by atoms with E-state index in [1.54, 1.807) is 0 Å². The van der Waals surface area contributed by atoms with Crippen LogP contribution in [0, 0.1) is 13.8 Å². The molecule has 1 aromatic heterocycles. The summed E-state index contributed by atoms with van der Waals surface area (Å²) >= 11 is 0. The van der Waals surface area contributed by atoms with Gasteiger partial charge in [0.1, 0.15) is 11.6 Å². The van der Waals surface area contributed by atoms with E-state index in [0.29, 0.717) is 11.7 Å². The molecule has 3 nitrogen and oxygen atoms in total. The second-order valence-corrected chi connectivity index (χ2v) is 4.87. The van der Waals surface area contributed by atoms with Crippen LogP contribution in [0.15, 0.2) is 0 Å². The fourth-order valence-electron chi connectivity index (χ4n) is 2.39. The van der Waals surface area contributed by atoms with Crippen molar-refractivity contribution in [2.45, 2.75) is 58.3 Å². The number of hydrogen-bond acceptors (Lipinski definition) is 3. The van der Waals surface area contributed by atoms with Crippen molar-refractivity contribution < 1.29 is 0 Å². The molecule has 2 N–H and O–H groups in total. The molecule has 0 saturated heterocycles. The molecule has 0 unspecified atom stereocenters. The third-order valence-electron chi connectivity index (χ3n) is 3.66. The lowest BCUT2D eigenvalue weighted by Gasteiger charge is -2.14. The number of aryl methyl sites for hydroxylation is 1. The van der Waals surface area contributed by atoms with Crippen molar-refractivity contribution in [1.82, 2.24) is 9.97 Å². The van der Waals surface area contributed by atoms with Crippen LogP contribution in [0.1, 0.15) is 61.5 Å². The number of anilines is 1. The van der Waals surface area contributed by atoms with E-state index in [1.807, 2.05) is 13.8 Å². The van der Waals surface area contributed by atoms with Gasteiger partial charge in [0.05, 0.1) is 0 Å². The Balaban J connectivity index is 2.25. The summed E-state index contributed by atoms with van der Waals surface area (Å²) in [6.45, 7) is 4.01. The monoisotopic (exact) mass is 219 g/mol. The van der Waals surface area contributed by atoms with Crippen molar-refractivity contribution in [2.24, 2.45) is 0 Å². The first-order chi connectivity index (χ1) is 7.68. The summed E-state index contributed by atoms with van der Waals surface area (Å²) in [5.74, 6) is 2.17. The lowest BCUT2D eigenvalue weighted by Crippen LogP contribution is -2.09. The topological polar surface area (TPSA) is 51.8 Å². The van der Waals surface area contributed by atoms with E-state index in [4.69, 9.17) is 5.73 Å². The summed E-state index contributed by atoms with van der Waals surface area (Å²) in [5.41, 5.74) is 7.98. The van der Waals surface area contributed by atoms with Crippen LogP contribution < -0.4 is 5.73 Å². The first-order valence-electron chi connectivity index (χ1n) is 6.29. The number of nitrogen functional groups attached to an aromatic ring is 1. The maximum absolute atomic E-state index is 5.92. The molecule has 1 fully saturated rings. The molecule has 1 aromatic rings. The highest BCUT2D eigenvalue weighted by Gasteiger charge is 2.18. The average molecular weight is 219 g/mol. The van der Waals surface area contributed by atoms with Gasteiger partial charge in [0, 0.05) is 17.2 Å². The Labute approximate surface area is 97.5 Å². The summed E-state index contributed by atoms with van der Waals surface area (Å²) in [5, 5.41) is 0. The van der Waals surface area contributed by atoms with Gasteiger partial charge in [-0.3, -0.25) is 0 Å². The molecule has 0 amide bonds. The van der Waals surface area contributed by atoms with Gasteiger partial charge in [-0.05, 0) is 26.7 Å². The van der Waals surface area contributed by atoms with E-state index in [1.165, 1.54) is 38.5 Å². The van der Waals surface area contributed by atoms with E-state index in [9.17, 15) is 0 Å². The van der Waals surface area contributed by atoms with Gasteiger partial charge in [0.15, 0.2) is 0 Å². The minimum Gasteiger partial charge on any atom is -0.383 e. The lowest BCUT2D eigenvalue weighted by atomic mass is 9.99. The number of hydrogen-bond donors (Lipinski definition) is 1. The van der Waals surface area contributed by atoms with E-state index >= 15 is 0 Å². The third kappa shape index (κ3) is 2.34. The number of aromatic nitrogens is 2. The Bertz CT molecular complexity index is 342. The van der Waals surface area contributed by atoms with Gasteiger partial charge in [-0.15, -0.1) is 0 Å². The maximum atomic E-state index is 5.92. The van der Waals surface area contributed by atoms with Gasteiger partial charge < -0.3 is 5.73 Å². The third-order valence-corrected chi connectivity index (χ3v) is 3.66. The molecule has 0 spiro atoms. The highest BCUT2D eigenvalue weighted by atomic mass is 15.0. The lowest BCUT2D eigenvalue weighted by molar-refractivity contribution is 0.559. The second-order valence-electron chi connectivity index (χ2n) is 4.87. The normalized spacial score (nSPS) is 18.4. The standard InChI is InChI=1S/C13H21N3/c1-9-10(2)15-13(16-12(9)14)11-7-5-3-4-6-8-11/h11H,3-8H2,1-2H3,(H2,14,15,16). The molecule has 1 heterocycles. The molecule has 2 rings (SSSR count). The van der Waals surface area contributed by atoms with Crippen LogP contribution in [-0.2, 0) is 0 Å². The second kappa shape index (κ2) is 4.81. The first kappa shape index (κ1) is 11.4. The van der Waals surface area contributed by atoms with Crippen LogP contribution in [0.3, 0.4) is 0 Å². The highest BCUT2D eigenvalue weighted by Crippen LogP contribution is 2.30. The van der Waals surface area contributed by atoms with Crippen molar-refractivity contribution >= 4 is 5.82 Å². The molecule has 0 bridgehead atoms. The Hall–Kier alpha value is -1.12. The van der Waals surface area contributed by atoms with E-state index in [2.05, 4.69) is 9.97 Å². The summed E-state index contributed by atoms with van der Waals surface area (Å²) in [7, 11) is 0. The molecule has 0 atom stereocenters. The van der Waals surface area contributed by atoms with E-state index in [-0.39, 0.29) is 0 Å². The van der Waals surface area contributed by atoms with Gasteiger partial charge in [0.25, 0.3) is 0 Å². The molecule has 1 aliphatic rings. The molecular weight excluding hydrogens is 198 g/mol. The Morgan fingerprint density at radius 2 is 1.62 bits per heavy atom. The predicted octanol–water partition coefficient (Wildman–Crippen LogP) is 3.11.